The minimum Gasteiger partial charge on any atom is -0.103 e. The van der Waals surface area contributed by atoms with Crippen molar-refractivity contribution in [2.24, 2.45) is 45.3 Å². The lowest BCUT2D eigenvalue weighted by Gasteiger charge is -2.51. The summed E-state index contributed by atoms with van der Waals surface area (Å²) in [6, 6.07) is 0. The van der Waals surface area contributed by atoms with E-state index >= 15 is 0 Å². The predicted molar refractivity (Wildman–Crippen MR) is 234 cm³/mol. The monoisotopic (exact) mass is 687 g/mol. The van der Waals surface area contributed by atoms with E-state index in [-0.39, 0.29) is 21.7 Å². The van der Waals surface area contributed by atoms with Gasteiger partial charge in [0.2, 0.25) is 0 Å². The van der Waals surface area contributed by atoms with E-state index < -0.39 is 0 Å². The predicted octanol–water partition coefficient (Wildman–Crippen LogP) is 16.8. The van der Waals surface area contributed by atoms with Gasteiger partial charge < -0.3 is 0 Å². The molecule has 0 aromatic rings. The molecule has 0 amide bonds. The highest BCUT2D eigenvalue weighted by atomic mass is 14.5. The van der Waals surface area contributed by atoms with Crippen molar-refractivity contribution in [3.8, 4) is 0 Å². The quantitative estimate of drug-likeness (QED) is 0.142. The highest BCUT2D eigenvalue weighted by Gasteiger charge is 2.47. The summed E-state index contributed by atoms with van der Waals surface area (Å²) in [5, 5.41) is 0. The third-order valence-corrected chi connectivity index (χ3v) is 11.6. The van der Waals surface area contributed by atoms with Crippen molar-refractivity contribution in [3.63, 3.8) is 0 Å². The average Bonchev–Trinajstić information content (AvgIpc) is 2.98. The van der Waals surface area contributed by atoms with Gasteiger partial charge in [0.15, 0.2) is 0 Å². The second kappa shape index (κ2) is 20.6. The van der Waals surface area contributed by atoms with E-state index in [1.54, 1.807) is 5.57 Å². The van der Waals surface area contributed by atoms with E-state index in [2.05, 4.69) is 187 Å². The molecule has 4 unspecified atom stereocenters. The molecule has 0 N–H and O–H groups in total. The van der Waals surface area contributed by atoms with Gasteiger partial charge in [-0.1, -0.05) is 182 Å². The third kappa shape index (κ3) is 13.0. The lowest BCUT2D eigenvalue weighted by Crippen LogP contribution is -2.43. The fourth-order valence-electron chi connectivity index (χ4n) is 7.22. The lowest BCUT2D eigenvalue weighted by atomic mass is 9.53. The summed E-state index contributed by atoms with van der Waals surface area (Å²) >= 11 is 0. The van der Waals surface area contributed by atoms with Gasteiger partial charge in [0.25, 0.3) is 0 Å². The normalized spacial score (nSPS) is 18.8. The summed E-state index contributed by atoms with van der Waals surface area (Å²) in [6.45, 7) is 61.1. The molecule has 0 fully saturated rings. The molecule has 0 aliphatic heterocycles. The maximum absolute atomic E-state index is 4.44. The van der Waals surface area contributed by atoms with Crippen molar-refractivity contribution in [2.75, 3.05) is 0 Å². The van der Waals surface area contributed by atoms with Gasteiger partial charge in [-0.05, 0) is 122 Å². The van der Waals surface area contributed by atoms with Crippen LogP contribution in [0.1, 0.15) is 166 Å². The second-order valence-electron chi connectivity index (χ2n) is 18.0. The largest absolute Gasteiger partial charge is 0.103 e. The third-order valence-electron chi connectivity index (χ3n) is 11.6. The zero-order valence-electron chi connectivity index (χ0n) is 38.0. The Balaban J connectivity index is 0. The molecule has 1 aliphatic carbocycles. The Morgan fingerprint density at radius 3 is 1.72 bits per heavy atom. The summed E-state index contributed by atoms with van der Waals surface area (Å²) < 4.78 is 0. The van der Waals surface area contributed by atoms with Crippen LogP contribution in [0.15, 0.2) is 106 Å². The maximum Gasteiger partial charge on any atom is 0.00864 e. The van der Waals surface area contributed by atoms with Crippen molar-refractivity contribution in [1.82, 2.24) is 0 Å². The van der Waals surface area contributed by atoms with E-state index in [4.69, 9.17) is 0 Å². The van der Waals surface area contributed by atoms with Gasteiger partial charge in [-0.15, -0.1) is 6.58 Å². The van der Waals surface area contributed by atoms with Crippen molar-refractivity contribution in [2.45, 2.75) is 166 Å². The van der Waals surface area contributed by atoms with Gasteiger partial charge in [0.05, 0.1) is 0 Å². The van der Waals surface area contributed by atoms with Crippen molar-refractivity contribution in [1.29, 1.82) is 0 Å². The Bertz CT molecular complexity index is 1320. The highest BCUT2D eigenvalue weighted by Crippen LogP contribution is 2.56. The first kappa shape index (κ1) is 49.8. The van der Waals surface area contributed by atoms with Gasteiger partial charge in [-0.2, -0.15) is 0 Å². The number of hydrogen-bond donors (Lipinski definition) is 0. The molecule has 0 radical (unpaired) electrons. The number of rotatable bonds is 12. The zero-order chi connectivity index (χ0) is 40.2. The molecule has 50 heavy (non-hydrogen) atoms. The lowest BCUT2D eigenvalue weighted by molar-refractivity contribution is 0.0831. The summed E-state index contributed by atoms with van der Waals surface area (Å²) in [5.74, 6) is 1.53. The zero-order valence-corrected chi connectivity index (χ0v) is 38.0. The van der Waals surface area contributed by atoms with Crippen molar-refractivity contribution in [3.05, 3.63) is 106 Å². The Hall–Kier alpha value is -2.34. The Morgan fingerprint density at radius 2 is 1.32 bits per heavy atom. The molecule has 0 nitrogen and oxygen atoms in total. The summed E-state index contributed by atoms with van der Waals surface area (Å²) in [6.07, 6.45) is 17.6. The van der Waals surface area contributed by atoms with Crippen LogP contribution in [0.2, 0.25) is 0 Å². The molecule has 0 aromatic carbocycles. The average molecular weight is 687 g/mol. The van der Waals surface area contributed by atoms with Crippen LogP contribution in [0, 0.1) is 45.3 Å². The topological polar surface area (TPSA) is 0 Å². The second-order valence-corrected chi connectivity index (χ2v) is 18.0. The molecule has 1 aliphatic rings. The molecule has 0 saturated carbocycles. The molecule has 0 spiro atoms. The first-order chi connectivity index (χ1) is 22.7. The van der Waals surface area contributed by atoms with Crippen LogP contribution >= 0.6 is 0 Å². The Kier molecular flexibility index (Phi) is 20.5. The Labute approximate surface area is 315 Å². The first-order valence-electron chi connectivity index (χ1n) is 19.8. The van der Waals surface area contributed by atoms with Gasteiger partial charge in [-0.3, -0.25) is 0 Å². The molecule has 0 heteroatoms. The highest BCUT2D eigenvalue weighted by molar-refractivity contribution is 5.48. The number of hydrogen-bond acceptors (Lipinski definition) is 0. The van der Waals surface area contributed by atoms with Gasteiger partial charge in [-0.25, -0.2) is 0 Å². The van der Waals surface area contributed by atoms with Gasteiger partial charge in [0.1, 0.15) is 0 Å². The Morgan fingerprint density at radius 1 is 0.820 bits per heavy atom. The fourth-order valence-corrected chi connectivity index (χ4v) is 7.22. The van der Waals surface area contributed by atoms with Crippen LogP contribution in [0.3, 0.4) is 0 Å². The fraction of sp³-hybridized carbons (Fsp3) is 0.640. The summed E-state index contributed by atoms with van der Waals surface area (Å²) in [5.41, 5.74) is 12.6. The van der Waals surface area contributed by atoms with Crippen molar-refractivity contribution < 1.29 is 0 Å². The molecule has 0 heterocycles. The summed E-state index contributed by atoms with van der Waals surface area (Å²) in [4.78, 5) is 0. The smallest absolute Gasteiger partial charge is 0.00864 e. The molecular formula is C50H86. The minimum absolute atomic E-state index is 0.0299. The van der Waals surface area contributed by atoms with E-state index in [9.17, 15) is 0 Å². The molecular weight excluding hydrogens is 601 g/mol. The van der Waals surface area contributed by atoms with Crippen LogP contribution in [-0.4, -0.2) is 0 Å². The maximum atomic E-state index is 4.44. The summed E-state index contributed by atoms with van der Waals surface area (Å²) in [7, 11) is 0. The van der Waals surface area contributed by atoms with E-state index in [1.165, 1.54) is 44.6 Å². The van der Waals surface area contributed by atoms with E-state index in [1.807, 2.05) is 27.7 Å². The van der Waals surface area contributed by atoms with Crippen LogP contribution in [0.4, 0.5) is 0 Å². The first-order valence-corrected chi connectivity index (χ1v) is 19.8. The molecule has 4 atom stereocenters. The van der Waals surface area contributed by atoms with E-state index in [0.29, 0.717) is 23.7 Å². The molecule has 0 saturated heterocycles. The molecule has 1 rings (SSSR count). The van der Waals surface area contributed by atoms with Crippen LogP contribution in [0.25, 0.3) is 0 Å². The van der Waals surface area contributed by atoms with Gasteiger partial charge in [0, 0.05) is 5.92 Å². The van der Waals surface area contributed by atoms with Crippen LogP contribution in [0.5, 0.6) is 0 Å². The van der Waals surface area contributed by atoms with Crippen molar-refractivity contribution >= 4 is 0 Å². The molecule has 286 valence electrons. The molecule has 0 aromatic heterocycles. The van der Waals surface area contributed by atoms with E-state index in [0.717, 1.165) is 6.42 Å². The molecule has 0 bridgehead atoms. The van der Waals surface area contributed by atoms with Gasteiger partial charge >= 0.3 is 0 Å². The minimum atomic E-state index is -0.0618. The SMILES string of the molecule is C=CCC(/C=C/C(=C(C)C)/C(C)=C\C(C)C(C)(C)C)C(C)(C)C(C)(C)C1=C(C)C=CC(C(=C(C)C)/C(C)=C\C(=C)C(C)(C)C)C1C.CC.CC. The van der Waals surface area contributed by atoms with Crippen LogP contribution < -0.4 is 0 Å². The standard InChI is InChI=1S/C46H74.2C2H6/c1-22-23-38(25-27-39(30(2)3)33(7)28-35(9)43(12,13)14)45(18,19)46(20,21)42-32(6)24-26-40(37(42)11)41(31(4)5)34(8)29-36(10)44(15,16)17;2*1-2/h22,24-29,35,37-38,40H,1,10,23H2,2-9,11-21H3;2*1-2H3/b27-25+,33-28-,34-29-;;. The number of allylic oxidation sites excluding steroid dienone is 16. The van der Waals surface area contributed by atoms with Crippen LogP contribution in [-0.2, 0) is 0 Å².